The molecular formula is C39H46N6O6. The Labute approximate surface area is 298 Å². The summed E-state index contributed by atoms with van der Waals surface area (Å²) in [5, 5.41) is 15.0. The number of aliphatic hydroxyl groups excluding tert-OH is 1. The molecule has 51 heavy (non-hydrogen) atoms. The van der Waals surface area contributed by atoms with Crippen LogP contribution >= 0.6 is 0 Å². The Morgan fingerprint density at radius 3 is 2.31 bits per heavy atom. The first-order valence-electron chi connectivity index (χ1n) is 17.5. The van der Waals surface area contributed by atoms with Gasteiger partial charge in [0.2, 0.25) is 5.95 Å². The Morgan fingerprint density at radius 2 is 1.59 bits per heavy atom. The molecule has 4 unspecified atom stereocenters. The van der Waals surface area contributed by atoms with E-state index in [1.54, 1.807) is 19.3 Å². The lowest BCUT2D eigenvalue weighted by atomic mass is 9.89. The largest absolute Gasteiger partial charge is 0.465 e. The van der Waals surface area contributed by atoms with Gasteiger partial charge in [-0.1, -0.05) is 67.6 Å². The molecular weight excluding hydrogens is 648 g/mol. The van der Waals surface area contributed by atoms with Crippen molar-refractivity contribution in [3.8, 4) is 11.1 Å². The average molecular weight is 695 g/mol. The summed E-state index contributed by atoms with van der Waals surface area (Å²) >= 11 is 0. The maximum atomic E-state index is 12.2. The lowest BCUT2D eigenvalue weighted by Crippen LogP contribution is -2.51. The van der Waals surface area contributed by atoms with Gasteiger partial charge in [0, 0.05) is 63.1 Å². The van der Waals surface area contributed by atoms with Crippen LogP contribution in [0.4, 0.5) is 10.7 Å². The number of esters is 1. The summed E-state index contributed by atoms with van der Waals surface area (Å²) in [5.41, 5.74) is 5.70. The number of nitrogens with zero attached hydrogens (tertiary/aromatic N) is 4. The predicted molar refractivity (Wildman–Crippen MR) is 192 cm³/mol. The number of nitrogens with one attached hydrogen (secondary N) is 2. The molecule has 0 saturated carbocycles. The first-order chi connectivity index (χ1) is 24.9. The van der Waals surface area contributed by atoms with Gasteiger partial charge >= 0.3 is 12.0 Å². The number of ether oxygens (including phenoxy) is 3. The summed E-state index contributed by atoms with van der Waals surface area (Å²) in [6.45, 7) is 8.45. The zero-order chi connectivity index (χ0) is 35.6. The molecule has 3 heterocycles. The van der Waals surface area contributed by atoms with Gasteiger partial charge in [0.05, 0.1) is 25.4 Å². The number of anilines is 1. The summed E-state index contributed by atoms with van der Waals surface area (Å²) in [5.74, 6) is 0.348. The molecule has 2 aliphatic rings. The number of rotatable bonds is 12. The van der Waals surface area contributed by atoms with Crippen LogP contribution in [0.5, 0.6) is 0 Å². The second-order valence-electron chi connectivity index (χ2n) is 12.8. The first kappa shape index (κ1) is 35.9. The van der Waals surface area contributed by atoms with Crippen molar-refractivity contribution in [2.24, 2.45) is 5.92 Å². The molecule has 0 spiro atoms. The van der Waals surface area contributed by atoms with Crippen molar-refractivity contribution in [2.45, 2.75) is 45.5 Å². The first-order valence-corrected chi connectivity index (χ1v) is 17.5. The summed E-state index contributed by atoms with van der Waals surface area (Å²) < 4.78 is 18.4. The normalized spacial score (nSPS) is 20.8. The zero-order valence-electron chi connectivity index (χ0n) is 29.1. The molecule has 0 aliphatic carbocycles. The lowest BCUT2D eigenvalue weighted by molar-refractivity contribution is -0.276. The van der Waals surface area contributed by atoms with E-state index in [1.165, 1.54) is 0 Å². The van der Waals surface area contributed by atoms with Crippen molar-refractivity contribution in [3.63, 3.8) is 0 Å². The van der Waals surface area contributed by atoms with Crippen LogP contribution in [-0.2, 0) is 32.2 Å². The fourth-order valence-electron chi connectivity index (χ4n) is 6.50. The second kappa shape index (κ2) is 17.4. The molecule has 6 rings (SSSR count). The maximum Gasteiger partial charge on any atom is 0.325 e. The van der Waals surface area contributed by atoms with Crippen LogP contribution in [0, 0.1) is 5.92 Å². The van der Waals surface area contributed by atoms with E-state index in [0.717, 1.165) is 72.1 Å². The molecule has 4 atom stereocenters. The van der Waals surface area contributed by atoms with E-state index >= 15 is 0 Å². The molecule has 2 amide bonds. The van der Waals surface area contributed by atoms with Gasteiger partial charge in [0.1, 0.15) is 6.54 Å². The van der Waals surface area contributed by atoms with Gasteiger partial charge in [-0.15, -0.1) is 0 Å². The van der Waals surface area contributed by atoms with E-state index in [4.69, 9.17) is 14.2 Å². The average Bonchev–Trinajstić information content (AvgIpc) is 3.18. The fraction of sp³-hybridized carbons (Fsp3) is 0.385. The Balaban J connectivity index is 1.16. The summed E-state index contributed by atoms with van der Waals surface area (Å²) in [6.07, 6.45) is 2.65. The highest BCUT2D eigenvalue weighted by atomic mass is 16.7. The Bertz CT molecular complexity index is 1730. The third-order valence-electron chi connectivity index (χ3n) is 9.34. The van der Waals surface area contributed by atoms with Crippen LogP contribution in [0.2, 0.25) is 0 Å². The van der Waals surface area contributed by atoms with Crippen LogP contribution in [0.15, 0.2) is 91.3 Å². The van der Waals surface area contributed by atoms with Crippen molar-refractivity contribution in [1.29, 1.82) is 0 Å². The number of piperazine rings is 1. The lowest BCUT2D eigenvalue weighted by Gasteiger charge is -2.44. The highest BCUT2D eigenvalue weighted by molar-refractivity contribution is 5.80. The standard InChI is InChI=1S/C39H46N6O6/c1-3-49-35(47)24-43-39(48)42-23-29-7-4-8-31(21-29)32-9-5-10-33(22-32)37-50-34(27(2)36(51-37)30-13-11-28(26-46)12-14-30)25-44-17-19-45(20-18-44)38-40-15-6-16-41-38/h4-16,21-22,27,34,36-37,46H,3,17-20,23-26H2,1-2H3,(H2,42,43,48). The fourth-order valence-corrected chi connectivity index (χ4v) is 6.50. The van der Waals surface area contributed by atoms with Gasteiger partial charge in [-0.05, 0) is 52.9 Å². The minimum absolute atomic E-state index is 0.0115. The van der Waals surface area contributed by atoms with E-state index in [1.807, 2.05) is 72.8 Å². The Kier molecular flexibility index (Phi) is 12.2. The minimum atomic E-state index is -0.597. The molecule has 12 heteroatoms. The van der Waals surface area contributed by atoms with Crippen LogP contribution in [0.3, 0.4) is 0 Å². The number of aliphatic hydroxyl groups is 1. The smallest absolute Gasteiger partial charge is 0.325 e. The SMILES string of the molecule is CCOC(=O)CNC(=O)NCc1cccc(-c2cccc(C3OC(CN4CCN(c5ncccn5)CC4)C(C)C(c4ccc(CO)cc4)O3)c2)c1. The van der Waals surface area contributed by atoms with Crippen molar-refractivity contribution in [2.75, 3.05) is 50.8 Å². The summed E-state index contributed by atoms with van der Waals surface area (Å²) in [4.78, 5) is 37.3. The van der Waals surface area contributed by atoms with Gasteiger partial charge < -0.3 is 34.9 Å². The van der Waals surface area contributed by atoms with Crippen molar-refractivity contribution >= 4 is 17.9 Å². The predicted octanol–water partition coefficient (Wildman–Crippen LogP) is 4.61. The van der Waals surface area contributed by atoms with Crippen LogP contribution in [0.25, 0.3) is 11.1 Å². The van der Waals surface area contributed by atoms with Crippen molar-refractivity contribution in [1.82, 2.24) is 25.5 Å². The molecule has 3 aromatic carbocycles. The highest BCUT2D eigenvalue weighted by Crippen LogP contribution is 2.42. The molecule has 2 fully saturated rings. The van der Waals surface area contributed by atoms with E-state index in [-0.39, 0.29) is 37.9 Å². The molecule has 1 aromatic heterocycles. The highest BCUT2D eigenvalue weighted by Gasteiger charge is 2.39. The van der Waals surface area contributed by atoms with Crippen molar-refractivity contribution < 1.29 is 28.9 Å². The van der Waals surface area contributed by atoms with Gasteiger partial charge in [-0.3, -0.25) is 9.69 Å². The molecule has 0 bridgehead atoms. The van der Waals surface area contributed by atoms with E-state index in [2.05, 4.69) is 43.4 Å². The number of urea groups is 1. The van der Waals surface area contributed by atoms with Gasteiger partial charge in [0.25, 0.3) is 0 Å². The van der Waals surface area contributed by atoms with Gasteiger partial charge in [-0.25, -0.2) is 14.8 Å². The molecule has 3 N–H and O–H groups in total. The van der Waals surface area contributed by atoms with Crippen molar-refractivity contribution in [3.05, 3.63) is 114 Å². The van der Waals surface area contributed by atoms with E-state index in [9.17, 15) is 14.7 Å². The third-order valence-corrected chi connectivity index (χ3v) is 9.34. The Morgan fingerprint density at radius 1 is 0.863 bits per heavy atom. The maximum absolute atomic E-state index is 12.2. The summed E-state index contributed by atoms with van der Waals surface area (Å²) in [7, 11) is 0. The molecule has 4 aromatic rings. The van der Waals surface area contributed by atoms with Gasteiger partial charge in [-0.2, -0.15) is 0 Å². The molecule has 2 aliphatic heterocycles. The monoisotopic (exact) mass is 694 g/mol. The number of benzene rings is 3. The third kappa shape index (κ3) is 9.47. The van der Waals surface area contributed by atoms with Crippen LogP contribution in [-0.4, -0.2) is 84.0 Å². The number of aromatic nitrogens is 2. The van der Waals surface area contributed by atoms with Crippen LogP contribution in [0.1, 0.15) is 48.5 Å². The number of carbonyl (C=O) groups is 2. The quantitative estimate of drug-likeness (QED) is 0.180. The topological polar surface area (TPSA) is 138 Å². The number of hydrogen-bond acceptors (Lipinski definition) is 10. The number of carbonyl (C=O) groups excluding carboxylic acids is 2. The zero-order valence-corrected chi connectivity index (χ0v) is 29.1. The molecule has 268 valence electrons. The number of hydrogen-bond donors (Lipinski definition) is 3. The minimum Gasteiger partial charge on any atom is -0.465 e. The Hall–Kier alpha value is -4.88. The van der Waals surface area contributed by atoms with E-state index < -0.39 is 18.3 Å². The summed E-state index contributed by atoms with van der Waals surface area (Å²) in [6, 6.07) is 25.5. The van der Waals surface area contributed by atoms with Crippen LogP contribution < -0.4 is 15.5 Å². The van der Waals surface area contributed by atoms with E-state index in [0.29, 0.717) is 6.54 Å². The number of amides is 2. The second-order valence-corrected chi connectivity index (χ2v) is 12.8. The van der Waals surface area contributed by atoms with Gasteiger partial charge in [0.15, 0.2) is 6.29 Å². The molecule has 0 radical (unpaired) electrons. The molecule has 12 nitrogen and oxygen atoms in total. The molecule has 2 saturated heterocycles.